The molecule has 3 aromatic heterocycles. The summed E-state index contributed by atoms with van der Waals surface area (Å²) in [6.07, 6.45) is 2.77. The van der Waals surface area contributed by atoms with E-state index in [0.717, 1.165) is 16.7 Å². The first-order chi connectivity index (χ1) is 10.2. The fourth-order valence-corrected chi connectivity index (χ4v) is 2.53. The number of amides is 1. The van der Waals surface area contributed by atoms with Crippen LogP contribution in [0.4, 0.5) is 5.13 Å². The Balaban J connectivity index is 1.88. The standard InChI is InChI=1S/C13H13N5O2S/c1-7(20-2)12(19)18-13-17-9(5-21-13)10-8-3-4-14-11(8)16-6-15-10/h3-7H,1-2H3,(H,14,15,16)(H,17,18,19). The molecule has 0 aliphatic heterocycles. The summed E-state index contributed by atoms with van der Waals surface area (Å²) in [5, 5.41) is 5.98. The highest BCUT2D eigenvalue weighted by molar-refractivity contribution is 7.14. The number of aromatic amines is 1. The normalized spacial score (nSPS) is 12.5. The minimum atomic E-state index is -0.521. The van der Waals surface area contributed by atoms with Gasteiger partial charge in [-0.25, -0.2) is 15.0 Å². The molecule has 0 spiro atoms. The van der Waals surface area contributed by atoms with Crippen molar-refractivity contribution in [3.05, 3.63) is 24.0 Å². The lowest BCUT2D eigenvalue weighted by Gasteiger charge is -2.07. The zero-order chi connectivity index (χ0) is 14.8. The van der Waals surface area contributed by atoms with E-state index >= 15 is 0 Å². The molecule has 0 aromatic carbocycles. The molecule has 0 fully saturated rings. The molecule has 0 bridgehead atoms. The molecule has 0 aliphatic rings. The van der Waals surface area contributed by atoms with E-state index in [4.69, 9.17) is 4.74 Å². The van der Waals surface area contributed by atoms with E-state index in [2.05, 4.69) is 25.3 Å². The molecule has 2 N–H and O–H groups in total. The molecule has 7 nitrogen and oxygen atoms in total. The van der Waals surface area contributed by atoms with Crippen molar-refractivity contribution in [3.63, 3.8) is 0 Å². The molecular weight excluding hydrogens is 290 g/mol. The zero-order valence-corrected chi connectivity index (χ0v) is 12.3. The predicted molar refractivity (Wildman–Crippen MR) is 80.1 cm³/mol. The molecule has 0 radical (unpaired) electrons. The lowest BCUT2D eigenvalue weighted by molar-refractivity contribution is -0.124. The number of H-pyrrole nitrogens is 1. The topological polar surface area (TPSA) is 92.8 Å². The van der Waals surface area contributed by atoms with Gasteiger partial charge in [0.25, 0.3) is 5.91 Å². The van der Waals surface area contributed by atoms with Crippen molar-refractivity contribution in [1.29, 1.82) is 0 Å². The molecule has 3 heterocycles. The van der Waals surface area contributed by atoms with E-state index in [1.165, 1.54) is 24.8 Å². The van der Waals surface area contributed by atoms with Crippen LogP contribution >= 0.6 is 11.3 Å². The third-order valence-electron chi connectivity index (χ3n) is 3.05. The van der Waals surface area contributed by atoms with Crippen LogP contribution in [-0.2, 0) is 9.53 Å². The van der Waals surface area contributed by atoms with Crippen molar-refractivity contribution in [3.8, 4) is 11.4 Å². The highest BCUT2D eigenvalue weighted by atomic mass is 32.1. The van der Waals surface area contributed by atoms with Gasteiger partial charge < -0.3 is 9.72 Å². The number of methoxy groups -OCH3 is 1. The molecule has 1 unspecified atom stereocenters. The lowest BCUT2D eigenvalue weighted by Crippen LogP contribution is -2.26. The minimum Gasteiger partial charge on any atom is -0.372 e. The fraction of sp³-hybridized carbons (Fsp3) is 0.231. The summed E-state index contributed by atoms with van der Waals surface area (Å²) in [4.78, 5) is 27.6. The molecule has 108 valence electrons. The number of nitrogens with zero attached hydrogens (tertiary/aromatic N) is 3. The average molecular weight is 303 g/mol. The number of nitrogens with one attached hydrogen (secondary N) is 2. The zero-order valence-electron chi connectivity index (χ0n) is 11.5. The van der Waals surface area contributed by atoms with Gasteiger partial charge in [-0.1, -0.05) is 0 Å². The number of hydrogen-bond acceptors (Lipinski definition) is 6. The molecule has 1 amide bonds. The SMILES string of the molecule is COC(C)C(=O)Nc1nc(-c2ncnc3[nH]ccc23)cs1. The highest BCUT2D eigenvalue weighted by Gasteiger charge is 2.15. The largest absolute Gasteiger partial charge is 0.372 e. The van der Waals surface area contributed by atoms with Gasteiger partial charge in [0, 0.05) is 24.1 Å². The summed E-state index contributed by atoms with van der Waals surface area (Å²) in [5.41, 5.74) is 2.19. The molecule has 8 heteroatoms. The van der Waals surface area contributed by atoms with Crippen LogP contribution < -0.4 is 5.32 Å². The van der Waals surface area contributed by atoms with E-state index < -0.39 is 6.10 Å². The quantitative estimate of drug-likeness (QED) is 0.769. The van der Waals surface area contributed by atoms with Crippen molar-refractivity contribution in [2.75, 3.05) is 12.4 Å². The maximum Gasteiger partial charge on any atom is 0.254 e. The van der Waals surface area contributed by atoms with Crippen LogP contribution in [-0.4, -0.2) is 39.1 Å². The van der Waals surface area contributed by atoms with E-state index in [1.807, 2.05) is 11.4 Å². The van der Waals surface area contributed by atoms with Crippen molar-refractivity contribution in [1.82, 2.24) is 19.9 Å². The van der Waals surface area contributed by atoms with Crippen molar-refractivity contribution < 1.29 is 9.53 Å². The van der Waals surface area contributed by atoms with Crippen LogP contribution in [0.1, 0.15) is 6.92 Å². The Morgan fingerprint density at radius 3 is 3.14 bits per heavy atom. The second-order valence-corrected chi connectivity index (χ2v) is 5.23. The number of thiazole rings is 1. The van der Waals surface area contributed by atoms with Crippen LogP contribution in [0.15, 0.2) is 24.0 Å². The van der Waals surface area contributed by atoms with Crippen LogP contribution in [0.2, 0.25) is 0 Å². The molecule has 0 saturated heterocycles. The number of carbonyl (C=O) groups excluding carboxylic acids is 1. The summed E-state index contributed by atoms with van der Waals surface area (Å²) in [5.74, 6) is -0.229. The maximum atomic E-state index is 11.8. The van der Waals surface area contributed by atoms with Crippen LogP contribution in [0.3, 0.4) is 0 Å². The van der Waals surface area contributed by atoms with Gasteiger partial charge in [0.1, 0.15) is 29.5 Å². The number of rotatable bonds is 4. The molecule has 0 saturated carbocycles. The van der Waals surface area contributed by atoms with Gasteiger partial charge in [0.05, 0.1) is 0 Å². The van der Waals surface area contributed by atoms with E-state index in [-0.39, 0.29) is 5.91 Å². The van der Waals surface area contributed by atoms with Crippen LogP contribution in [0.25, 0.3) is 22.4 Å². The van der Waals surface area contributed by atoms with E-state index in [9.17, 15) is 4.79 Å². The van der Waals surface area contributed by atoms with Gasteiger partial charge >= 0.3 is 0 Å². The fourth-order valence-electron chi connectivity index (χ4n) is 1.83. The van der Waals surface area contributed by atoms with Crippen molar-refractivity contribution >= 4 is 33.4 Å². The summed E-state index contributed by atoms with van der Waals surface area (Å²) >= 11 is 1.34. The Kier molecular flexibility index (Phi) is 3.63. The minimum absolute atomic E-state index is 0.229. The Morgan fingerprint density at radius 1 is 1.48 bits per heavy atom. The smallest absolute Gasteiger partial charge is 0.254 e. The van der Waals surface area contributed by atoms with Gasteiger partial charge in [-0.2, -0.15) is 0 Å². The summed E-state index contributed by atoms with van der Waals surface area (Å²) in [6, 6.07) is 1.90. The Morgan fingerprint density at radius 2 is 2.33 bits per heavy atom. The number of ether oxygens (including phenoxy) is 1. The molecule has 21 heavy (non-hydrogen) atoms. The number of carbonyl (C=O) groups is 1. The number of anilines is 1. The average Bonchev–Trinajstić information content (AvgIpc) is 3.14. The van der Waals surface area contributed by atoms with Gasteiger partial charge in [-0.05, 0) is 13.0 Å². The number of hydrogen-bond donors (Lipinski definition) is 2. The molecule has 1 atom stereocenters. The molecule has 3 aromatic rings. The first kappa shape index (κ1) is 13.7. The number of fused-ring (bicyclic) bond motifs is 1. The Labute approximate surface area is 124 Å². The first-order valence-electron chi connectivity index (χ1n) is 6.26. The first-order valence-corrected chi connectivity index (χ1v) is 7.14. The van der Waals surface area contributed by atoms with E-state index in [1.54, 1.807) is 13.1 Å². The third-order valence-corrected chi connectivity index (χ3v) is 3.81. The van der Waals surface area contributed by atoms with Crippen LogP contribution in [0.5, 0.6) is 0 Å². The maximum absolute atomic E-state index is 11.8. The molecular formula is C13H13N5O2S. The second-order valence-electron chi connectivity index (χ2n) is 4.37. The summed E-state index contributed by atoms with van der Waals surface area (Å²) in [7, 11) is 1.49. The van der Waals surface area contributed by atoms with Gasteiger partial charge in [0.15, 0.2) is 5.13 Å². The van der Waals surface area contributed by atoms with Crippen molar-refractivity contribution in [2.24, 2.45) is 0 Å². The second kappa shape index (κ2) is 5.58. The summed E-state index contributed by atoms with van der Waals surface area (Å²) in [6.45, 7) is 1.68. The van der Waals surface area contributed by atoms with Gasteiger partial charge in [-0.15, -0.1) is 11.3 Å². The monoisotopic (exact) mass is 303 g/mol. The lowest BCUT2D eigenvalue weighted by atomic mass is 10.2. The molecule has 3 rings (SSSR count). The predicted octanol–water partition coefficient (Wildman–Crippen LogP) is 2.05. The highest BCUT2D eigenvalue weighted by Crippen LogP contribution is 2.28. The molecule has 0 aliphatic carbocycles. The van der Waals surface area contributed by atoms with Crippen molar-refractivity contribution in [2.45, 2.75) is 13.0 Å². The van der Waals surface area contributed by atoms with E-state index in [0.29, 0.717) is 10.8 Å². The van der Waals surface area contributed by atoms with Gasteiger partial charge in [-0.3, -0.25) is 10.1 Å². The summed E-state index contributed by atoms with van der Waals surface area (Å²) < 4.78 is 4.96. The Hall–Kier alpha value is -2.32. The van der Waals surface area contributed by atoms with Crippen LogP contribution in [0, 0.1) is 0 Å². The third kappa shape index (κ3) is 2.63. The van der Waals surface area contributed by atoms with Gasteiger partial charge in [0.2, 0.25) is 0 Å². The number of aromatic nitrogens is 4. The Bertz CT molecular complexity index is 782.